The van der Waals surface area contributed by atoms with E-state index >= 15 is 0 Å². The maximum atomic E-state index is 13.5. The molecule has 1 amide bonds. The molecule has 0 spiro atoms. The second-order valence-corrected chi connectivity index (χ2v) is 8.77. The average Bonchev–Trinajstić information content (AvgIpc) is 3.60. The maximum absolute atomic E-state index is 13.5. The normalized spacial score (nSPS) is 31.8. The molecule has 0 bridgehead atoms. The average molecular weight is 391 g/mol. The third-order valence-electron chi connectivity index (χ3n) is 6.88. The highest BCUT2D eigenvalue weighted by atomic mass is 16.2. The monoisotopic (exact) mass is 390 g/mol. The molecule has 1 saturated carbocycles. The van der Waals surface area contributed by atoms with Gasteiger partial charge in [0.25, 0.3) is 0 Å². The number of allylic oxidation sites excluding steroid dienone is 7. The SMILES string of the molecule is N#CC1C=CC=CC1C1=CCC(C(=O)N(C2CC2)C2CCC(N)=C(C=N)C2)CC1. The van der Waals surface area contributed by atoms with Gasteiger partial charge in [-0.25, -0.2) is 0 Å². The van der Waals surface area contributed by atoms with Crippen molar-refractivity contribution in [2.24, 2.45) is 23.5 Å². The van der Waals surface area contributed by atoms with Crippen LogP contribution in [0.25, 0.3) is 0 Å². The second-order valence-electron chi connectivity index (χ2n) is 8.77. The van der Waals surface area contributed by atoms with Gasteiger partial charge < -0.3 is 16.0 Å². The summed E-state index contributed by atoms with van der Waals surface area (Å²) < 4.78 is 0. The topological polar surface area (TPSA) is 94.0 Å². The minimum absolute atomic E-state index is 0.0367. The van der Waals surface area contributed by atoms with Gasteiger partial charge in [0.15, 0.2) is 0 Å². The molecule has 4 atom stereocenters. The van der Waals surface area contributed by atoms with E-state index in [1.807, 2.05) is 18.2 Å². The van der Waals surface area contributed by atoms with Gasteiger partial charge in [-0.05, 0) is 56.9 Å². The summed E-state index contributed by atoms with van der Waals surface area (Å²) in [7, 11) is 0. The van der Waals surface area contributed by atoms with E-state index in [4.69, 9.17) is 11.1 Å². The van der Waals surface area contributed by atoms with Crippen LogP contribution >= 0.6 is 0 Å². The van der Waals surface area contributed by atoms with Crippen LogP contribution in [0.3, 0.4) is 0 Å². The van der Waals surface area contributed by atoms with Gasteiger partial charge in [-0.15, -0.1) is 0 Å². The Labute approximate surface area is 173 Å². The van der Waals surface area contributed by atoms with E-state index in [1.54, 1.807) is 0 Å². The summed E-state index contributed by atoms with van der Waals surface area (Å²) in [5.41, 5.74) is 9.06. The number of carbonyl (C=O) groups is 1. The van der Waals surface area contributed by atoms with Crippen LogP contribution in [-0.4, -0.2) is 29.1 Å². The lowest BCUT2D eigenvalue weighted by molar-refractivity contribution is -0.139. The van der Waals surface area contributed by atoms with Gasteiger partial charge in [0, 0.05) is 35.8 Å². The highest BCUT2D eigenvalue weighted by Crippen LogP contribution is 2.39. The van der Waals surface area contributed by atoms with Crippen molar-refractivity contribution in [2.75, 3.05) is 0 Å². The highest BCUT2D eigenvalue weighted by molar-refractivity contribution is 5.81. The van der Waals surface area contributed by atoms with Crippen LogP contribution in [0.1, 0.15) is 51.4 Å². The zero-order valence-electron chi connectivity index (χ0n) is 16.9. The molecule has 5 heteroatoms. The van der Waals surface area contributed by atoms with Crippen molar-refractivity contribution in [3.8, 4) is 6.07 Å². The zero-order chi connectivity index (χ0) is 20.4. The predicted molar refractivity (Wildman–Crippen MR) is 114 cm³/mol. The Balaban J connectivity index is 1.45. The van der Waals surface area contributed by atoms with Crippen LogP contribution in [0.5, 0.6) is 0 Å². The van der Waals surface area contributed by atoms with Crippen LogP contribution in [-0.2, 0) is 4.79 Å². The molecule has 0 aromatic heterocycles. The van der Waals surface area contributed by atoms with Gasteiger partial charge >= 0.3 is 0 Å². The Morgan fingerprint density at radius 2 is 1.97 bits per heavy atom. The van der Waals surface area contributed by atoms with Crippen LogP contribution in [0.4, 0.5) is 0 Å². The third-order valence-corrected chi connectivity index (χ3v) is 6.88. The van der Waals surface area contributed by atoms with Crippen LogP contribution in [0.15, 0.2) is 47.2 Å². The standard InChI is InChI=1S/C24H30N4O/c25-14-18-3-1-2-4-22(18)16-5-7-17(8-6-16)24(29)28(20-9-10-20)21-11-12-23(27)19(13-21)15-26/h1-5,15,17-18,20-22,26H,6-13,27H2. The van der Waals surface area contributed by atoms with E-state index < -0.39 is 0 Å². The van der Waals surface area contributed by atoms with Gasteiger partial charge in [-0.2, -0.15) is 5.26 Å². The number of nitrogens with one attached hydrogen (secondary N) is 1. The Kier molecular flexibility index (Phi) is 5.71. The van der Waals surface area contributed by atoms with Gasteiger partial charge in [-0.1, -0.05) is 36.0 Å². The lowest BCUT2D eigenvalue weighted by Crippen LogP contribution is -2.47. The molecule has 0 saturated heterocycles. The van der Waals surface area contributed by atoms with E-state index in [0.29, 0.717) is 12.5 Å². The van der Waals surface area contributed by atoms with E-state index in [-0.39, 0.29) is 29.7 Å². The molecule has 29 heavy (non-hydrogen) atoms. The minimum Gasteiger partial charge on any atom is -0.402 e. The Morgan fingerprint density at radius 3 is 2.62 bits per heavy atom. The number of nitrogens with two attached hydrogens (primary N) is 1. The first kappa shape index (κ1) is 19.7. The summed E-state index contributed by atoms with van der Waals surface area (Å²) in [5, 5.41) is 17.1. The number of nitriles is 1. The zero-order valence-corrected chi connectivity index (χ0v) is 16.9. The molecule has 0 aromatic carbocycles. The van der Waals surface area contributed by atoms with Crippen LogP contribution < -0.4 is 5.73 Å². The number of amides is 1. The molecule has 4 aliphatic carbocycles. The molecule has 0 aromatic rings. The quantitative estimate of drug-likeness (QED) is 0.549. The van der Waals surface area contributed by atoms with Crippen LogP contribution in [0, 0.1) is 34.5 Å². The fraction of sp³-hybridized carbons (Fsp3) is 0.542. The number of nitrogens with zero attached hydrogens (tertiary/aromatic N) is 2. The molecule has 4 rings (SSSR count). The first-order valence-electron chi connectivity index (χ1n) is 10.9. The van der Waals surface area contributed by atoms with Crippen molar-refractivity contribution in [3.05, 3.63) is 47.2 Å². The fourth-order valence-corrected chi connectivity index (χ4v) is 5.05. The van der Waals surface area contributed by atoms with Crippen molar-refractivity contribution < 1.29 is 4.79 Å². The predicted octanol–water partition coefficient (Wildman–Crippen LogP) is 4.00. The molecule has 4 aliphatic rings. The summed E-state index contributed by atoms with van der Waals surface area (Å²) in [4.78, 5) is 15.6. The fourth-order valence-electron chi connectivity index (χ4n) is 5.05. The Hall–Kier alpha value is -2.61. The lowest BCUT2D eigenvalue weighted by Gasteiger charge is -2.38. The van der Waals surface area contributed by atoms with E-state index in [2.05, 4.69) is 23.1 Å². The van der Waals surface area contributed by atoms with Crippen molar-refractivity contribution in [1.29, 1.82) is 10.7 Å². The summed E-state index contributed by atoms with van der Waals surface area (Å²) >= 11 is 0. The molecular formula is C24H30N4O. The first-order valence-corrected chi connectivity index (χ1v) is 10.9. The first-order chi connectivity index (χ1) is 14.1. The van der Waals surface area contributed by atoms with Crippen molar-refractivity contribution in [1.82, 2.24) is 4.90 Å². The van der Waals surface area contributed by atoms with E-state index in [9.17, 15) is 10.1 Å². The number of hydrogen-bond acceptors (Lipinski definition) is 4. The molecule has 3 N–H and O–H groups in total. The Morgan fingerprint density at radius 1 is 1.17 bits per heavy atom. The van der Waals surface area contributed by atoms with E-state index in [1.165, 1.54) is 11.8 Å². The Bertz CT molecular complexity index is 839. The lowest BCUT2D eigenvalue weighted by atomic mass is 9.76. The smallest absolute Gasteiger partial charge is 0.226 e. The molecule has 4 unspecified atom stereocenters. The van der Waals surface area contributed by atoms with E-state index in [0.717, 1.165) is 56.2 Å². The molecular weight excluding hydrogens is 360 g/mol. The summed E-state index contributed by atoms with van der Waals surface area (Å²) in [6.45, 7) is 0. The summed E-state index contributed by atoms with van der Waals surface area (Å²) in [5.74, 6) is 0.380. The molecule has 5 nitrogen and oxygen atoms in total. The third kappa shape index (κ3) is 4.07. The number of carbonyl (C=O) groups excluding carboxylic acids is 1. The van der Waals surface area contributed by atoms with Crippen molar-refractivity contribution in [2.45, 2.75) is 63.5 Å². The van der Waals surface area contributed by atoms with Crippen molar-refractivity contribution >= 4 is 12.1 Å². The highest BCUT2D eigenvalue weighted by Gasteiger charge is 2.41. The minimum atomic E-state index is -0.0968. The van der Waals surface area contributed by atoms with Gasteiger partial charge in [0.05, 0.1) is 12.0 Å². The molecule has 0 aliphatic heterocycles. The molecule has 1 fully saturated rings. The van der Waals surface area contributed by atoms with Gasteiger partial charge in [0.2, 0.25) is 5.91 Å². The largest absolute Gasteiger partial charge is 0.402 e. The summed E-state index contributed by atoms with van der Waals surface area (Å²) in [6, 6.07) is 2.95. The second kappa shape index (κ2) is 8.41. The van der Waals surface area contributed by atoms with Gasteiger partial charge in [-0.3, -0.25) is 4.79 Å². The van der Waals surface area contributed by atoms with Crippen molar-refractivity contribution in [3.63, 3.8) is 0 Å². The number of hydrogen-bond donors (Lipinski definition) is 2. The molecule has 152 valence electrons. The molecule has 0 radical (unpaired) electrons. The summed E-state index contributed by atoms with van der Waals surface area (Å²) in [6.07, 6.45) is 18.8. The van der Waals surface area contributed by atoms with Crippen LogP contribution in [0.2, 0.25) is 0 Å². The molecule has 0 heterocycles. The maximum Gasteiger partial charge on any atom is 0.226 e. The number of rotatable bonds is 5. The van der Waals surface area contributed by atoms with Gasteiger partial charge in [0.1, 0.15) is 0 Å².